The standard InChI is InChI=1S/C32H36N4O5/c1-22-11-9-14-24(19-22)34-31(40)33-20-28(37)36(21-29(38)41-32(2,3)4)27-17-8-6-15-25(27)30(39)35-18-10-13-23-12-5-7-16-26(23)35/h5-9,11-12,14-17,19H,10,13,18,20-21H2,1-4H3,(H2,33,34,40). The van der Waals surface area contributed by atoms with Crippen LogP contribution in [-0.2, 0) is 20.7 Å². The Morgan fingerprint density at radius 1 is 0.951 bits per heavy atom. The Morgan fingerprint density at radius 3 is 2.44 bits per heavy atom. The highest BCUT2D eigenvalue weighted by Gasteiger charge is 2.30. The average Bonchev–Trinajstić information content (AvgIpc) is 2.93. The lowest BCUT2D eigenvalue weighted by Crippen LogP contribution is -2.46. The largest absolute Gasteiger partial charge is 0.459 e. The Morgan fingerprint density at radius 2 is 1.68 bits per heavy atom. The number of aryl methyl sites for hydroxylation is 2. The summed E-state index contributed by atoms with van der Waals surface area (Å²) in [7, 11) is 0. The topological polar surface area (TPSA) is 108 Å². The average molecular weight is 557 g/mol. The van der Waals surface area contributed by atoms with Crippen molar-refractivity contribution >= 4 is 40.9 Å². The molecule has 0 aliphatic carbocycles. The molecule has 2 N–H and O–H groups in total. The minimum atomic E-state index is -0.773. The number of carbonyl (C=O) groups excluding carboxylic acids is 4. The first-order chi connectivity index (χ1) is 19.5. The molecule has 214 valence electrons. The van der Waals surface area contributed by atoms with E-state index in [0.29, 0.717) is 12.2 Å². The van der Waals surface area contributed by atoms with Crippen LogP contribution in [0.1, 0.15) is 48.7 Å². The number of ether oxygens (including phenoxy) is 1. The van der Waals surface area contributed by atoms with Crippen LogP contribution < -0.4 is 20.4 Å². The van der Waals surface area contributed by atoms with Gasteiger partial charge in [-0.1, -0.05) is 42.5 Å². The Labute approximate surface area is 240 Å². The van der Waals surface area contributed by atoms with Crippen molar-refractivity contribution in [1.29, 1.82) is 0 Å². The fourth-order valence-electron chi connectivity index (χ4n) is 4.74. The summed E-state index contributed by atoms with van der Waals surface area (Å²) in [4.78, 5) is 55.8. The maximum absolute atomic E-state index is 13.9. The highest BCUT2D eigenvalue weighted by molar-refractivity contribution is 6.13. The number of carbonyl (C=O) groups is 4. The number of anilines is 3. The molecule has 0 atom stereocenters. The number of para-hydroxylation sites is 2. The molecule has 0 unspecified atom stereocenters. The number of nitrogens with one attached hydrogen (secondary N) is 2. The highest BCUT2D eigenvalue weighted by Crippen LogP contribution is 2.31. The van der Waals surface area contributed by atoms with Crippen molar-refractivity contribution in [1.82, 2.24) is 5.32 Å². The molecule has 0 radical (unpaired) electrons. The van der Waals surface area contributed by atoms with Crippen LogP contribution in [-0.4, -0.2) is 49.1 Å². The molecule has 3 aromatic carbocycles. The van der Waals surface area contributed by atoms with Gasteiger partial charge in [-0.05, 0) is 82.0 Å². The van der Waals surface area contributed by atoms with Gasteiger partial charge in [0, 0.05) is 17.9 Å². The van der Waals surface area contributed by atoms with Crippen LogP contribution >= 0.6 is 0 Å². The van der Waals surface area contributed by atoms with Crippen LogP contribution in [0, 0.1) is 6.92 Å². The van der Waals surface area contributed by atoms with Crippen LogP contribution in [0.15, 0.2) is 72.8 Å². The molecule has 1 aliphatic heterocycles. The Balaban J connectivity index is 1.59. The van der Waals surface area contributed by atoms with Crippen LogP contribution in [0.2, 0.25) is 0 Å². The second-order valence-electron chi connectivity index (χ2n) is 10.9. The summed E-state index contributed by atoms with van der Waals surface area (Å²) in [5.74, 6) is -1.49. The van der Waals surface area contributed by atoms with Crippen LogP contribution in [0.25, 0.3) is 0 Å². The number of nitrogens with zero attached hydrogens (tertiary/aromatic N) is 2. The van der Waals surface area contributed by atoms with Gasteiger partial charge in [0.2, 0.25) is 5.91 Å². The Bertz CT molecular complexity index is 1450. The molecule has 0 bridgehead atoms. The van der Waals surface area contributed by atoms with Crippen molar-refractivity contribution < 1.29 is 23.9 Å². The zero-order valence-corrected chi connectivity index (χ0v) is 23.9. The van der Waals surface area contributed by atoms with Crippen LogP contribution in [0.4, 0.5) is 21.9 Å². The van der Waals surface area contributed by atoms with E-state index in [0.717, 1.165) is 29.7 Å². The maximum Gasteiger partial charge on any atom is 0.326 e. The number of urea groups is 1. The fourth-order valence-corrected chi connectivity index (χ4v) is 4.74. The molecule has 0 saturated heterocycles. The summed E-state index contributed by atoms with van der Waals surface area (Å²) in [6, 6.07) is 21.1. The number of fused-ring (bicyclic) bond motifs is 1. The van der Waals surface area contributed by atoms with Gasteiger partial charge in [-0.2, -0.15) is 0 Å². The normalized spacial score (nSPS) is 12.6. The second-order valence-corrected chi connectivity index (χ2v) is 10.9. The number of hydrogen-bond donors (Lipinski definition) is 2. The van der Waals surface area contributed by atoms with Crippen LogP contribution in [0.3, 0.4) is 0 Å². The summed E-state index contributed by atoms with van der Waals surface area (Å²) < 4.78 is 5.49. The number of hydrogen-bond acceptors (Lipinski definition) is 5. The first-order valence-electron chi connectivity index (χ1n) is 13.6. The van der Waals surface area contributed by atoms with E-state index >= 15 is 0 Å². The molecule has 9 nitrogen and oxygen atoms in total. The predicted octanol–water partition coefficient (Wildman–Crippen LogP) is 5.08. The highest BCUT2D eigenvalue weighted by atomic mass is 16.6. The molecule has 0 aromatic heterocycles. The maximum atomic E-state index is 13.9. The van der Waals surface area contributed by atoms with Crippen LogP contribution in [0.5, 0.6) is 0 Å². The Kier molecular flexibility index (Phi) is 9.07. The molecule has 4 amide bonds. The number of esters is 1. The smallest absolute Gasteiger partial charge is 0.326 e. The minimum absolute atomic E-state index is 0.261. The zero-order chi connectivity index (χ0) is 29.6. The van der Waals surface area contributed by atoms with E-state index in [9.17, 15) is 19.2 Å². The van der Waals surface area contributed by atoms with E-state index in [-0.39, 0.29) is 17.2 Å². The van der Waals surface area contributed by atoms with Crippen molar-refractivity contribution in [3.63, 3.8) is 0 Å². The van der Waals surface area contributed by atoms with Gasteiger partial charge < -0.3 is 20.3 Å². The molecule has 0 spiro atoms. The van der Waals surface area contributed by atoms with Crippen molar-refractivity contribution in [2.45, 2.75) is 46.1 Å². The van der Waals surface area contributed by atoms with Crippen molar-refractivity contribution in [3.8, 4) is 0 Å². The predicted molar refractivity (Wildman–Crippen MR) is 159 cm³/mol. The SMILES string of the molecule is Cc1cccc(NC(=O)NCC(=O)N(CC(=O)OC(C)(C)C)c2ccccc2C(=O)N2CCCc3ccccc32)c1. The second kappa shape index (κ2) is 12.7. The van der Waals surface area contributed by atoms with E-state index in [1.54, 1.807) is 62.1 Å². The van der Waals surface area contributed by atoms with E-state index in [2.05, 4.69) is 10.6 Å². The first-order valence-corrected chi connectivity index (χ1v) is 13.6. The van der Waals surface area contributed by atoms with Gasteiger partial charge in [0.1, 0.15) is 12.1 Å². The summed E-state index contributed by atoms with van der Waals surface area (Å²) in [6.07, 6.45) is 1.69. The number of amides is 4. The molecular formula is C32H36N4O5. The lowest BCUT2D eigenvalue weighted by molar-refractivity contribution is -0.153. The summed E-state index contributed by atoms with van der Waals surface area (Å²) >= 11 is 0. The quantitative estimate of drug-likeness (QED) is 0.395. The third kappa shape index (κ3) is 7.72. The van der Waals surface area contributed by atoms with E-state index in [1.807, 2.05) is 43.3 Å². The van der Waals surface area contributed by atoms with Gasteiger partial charge in [-0.3, -0.25) is 19.3 Å². The van der Waals surface area contributed by atoms with Gasteiger partial charge >= 0.3 is 12.0 Å². The fraction of sp³-hybridized carbons (Fsp3) is 0.312. The molecule has 0 fully saturated rings. The molecule has 9 heteroatoms. The van der Waals surface area contributed by atoms with Gasteiger partial charge in [-0.15, -0.1) is 0 Å². The van der Waals surface area contributed by atoms with Gasteiger partial charge in [0.05, 0.1) is 17.8 Å². The first kappa shape index (κ1) is 29.3. The van der Waals surface area contributed by atoms with Gasteiger partial charge in [0.15, 0.2) is 0 Å². The third-order valence-corrected chi connectivity index (χ3v) is 6.47. The molecule has 0 saturated carbocycles. The monoisotopic (exact) mass is 556 g/mol. The molecule has 4 rings (SSSR count). The summed E-state index contributed by atoms with van der Waals surface area (Å²) in [5.41, 5.74) is 3.22. The number of rotatable bonds is 7. The lowest BCUT2D eigenvalue weighted by atomic mass is 10.0. The minimum Gasteiger partial charge on any atom is -0.459 e. The van der Waals surface area contributed by atoms with Gasteiger partial charge in [-0.25, -0.2) is 4.79 Å². The molecule has 1 aliphatic rings. The van der Waals surface area contributed by atoms with Gasteiger partial charge in [0.25, 0.3) is 5.91 Å². The van der Waals surface area contributed by atoms with E-state index in [4.69, 9.17) is 4.74 Å². The van der Waals surface area contributed by atoms with Crippen molar-refractivity contribution in [2.24, 2.45) is 0 Å². The summed E-state index contributed by atoms with van der Waals surface area (Å²) in [6.45, 7) is 6.81. The molecule has 3 aromatic rings. The molecule has 1 heterocycles. The van der Waals surface area contributed by atoms with Crippen molar-refractivity contribution in [2.75, 3.05) is 34.8 Å². The summed E-state index contributed by atoms with van der Waals surface area (Å²) in [5, 5.41) is 5.26. The number of benzene rings is 3. The lowest BCUT2D eigenvalue weighted by Gasteiger charge is -2.31. The van der Waals surface area contributed by atoms with E-state index in [1.165, 1.54) is 4.90 Å². The Hall–Kier alpha value is -4.66. The van der Waals surface area contributed by atoms with Crippen molar-refractivity contribution in [3.05, 3.63) is 89.5 Å². The third-order valence-electron chi connectivity index (χ3n) is 6.47. The van der Waals surface area contributed by atoms with E-state index < -0.39 is 36.6 Å². The molecular weight excluding hydrogens is 520 g/mol. The molecule has 41 heavy (non-hydrogen) atoms. The zero-order valence-electron chi connectivity index (χ0n) is 23.9.